The van der Waals surface area contributed by atoms with Crippen LogP contribution in [0.1, 0.15) is 90.5 Å². The van der Waals surface area contributed by atoms with E-state index in [0.29, 0.717) is 58.1 Å². The summed E-state index contributed by atoms with van der Waals surface area (Å²) in [5.41, 5.74) is 1.63. The van der Waals surface area contributed by atoms with Gasteiger partial charge in [-0.15, -0.1) is 0 Å². The molecule has 46 heavy (non-hydrogen) atoms. The fourth-order valence-corrected chi connectivity index (χ4v) is 6.67. The molecule has 1 aromatic carbocycles. The molecule has 2 N–H and O–H groups in total. The zero-order valence-electron chi connectivity index (χ0n) is 27.7. The van der Waals surface area contributed by atoms with Gasteiger partial charge in [0.05, 0.1) is 18.2 Å². The maximum atomic E-state index is 14.1. The average Bonchev–Trinajstić information content (AvgIpc) is 3.42. The molecule has 2 fully saturated rings. The number of amides is 3. The first-order valence-electron chi connectivity index (χ1n) is 16.9. The molecule has 3 amide bonds. The maximum Gasteiger partial charge on any atom is 0.305 e. The van der Waals surface area contributed by atoms with Crippen LogP contribution in [0, 0.1) is 11.8 Å². The van der Waals surface area contributed by atoms with Gasteiger partial charge < -0.3 is 25.1 Å². The maximum absolute atomic E-state index is 14.1. The largest absolute Gasteiger partial charge is 0.466 e. The van der Waals surface area contributed by atoms with Gasteiger partial charge in [-0.05, 0) is 56.6 Å². The van der Waals surface area contributed by atoms with Crippen LogP contribution in [-0.4, -0.2) is 77.5 Å². The highest BCUT2D eigenvalue weighted by atomic mass is 16.6. The van der Waals surface area contributed by atoms with Crippen LogP contribution in [-0.2, 0) is 35.1 Å². The Labute approximate surface area is 271 Å². The van der Waals surface area contributed by atoms with E-state index in [4.69, 9.17) is 9.57 Å². The molecule has 0 saturated carbocycles. The lowest BCUT2D eigenvalue weighted by Gasteiger charge is -2.39. The zero-order valence-corrected chi connectivity index (χ0v) is 27.7. The van der Waals surface area contributed by atoms with Gasteiger partial charge in [-0.1, -0.05) is 51.3 Å². The Morgan fingerprint density at radius 1 is 1.02 bits per heavy atom. The minimum absolute atomic E-state index is 0.0104. The quantitative estimate of drug-likeness (QED) is 0.267. The predicted molar refractivity (Wildman–Crippen MR) is 174 cm³/mol. The van der Waals surface area contributed by atoms with Crippen molar-refractivity contribution in [2.24, 2.45) is 11.8 Å². The monoisotopic (exact) mass is 638 g/mol. The van der Waals surface area contributed by atoms with Crippen molar-refractivity contribution in [3.8, 4) is 0 Å². The molecule has 0 radical (unpaired) electrons. The molecule has 11 nitrogen and oxygen atoms in total. The van der Waals surface area contributed by atoms with Gasteiger partial charge in [0.15, 0.2) is 5.78 Å². The second-order valence-electron chi connectivity index (χ2n) is 12.6. The molecule has 4 rings (SSSR count). The molecule has 2 aromatic rings. The fourth-order valence-electron chi connectivity index (χ4n) is 6.67. The van der Waals surface area contributed by atoms with Gasteiger partial charge in [-0.2, -0.15) is 4.73 Å². The van der Waals surface area contributed by atoms with Crippen molar-refractivity contribution in [3.63, 3.8) is 0 Å². The summed E-state index contributed by atoms with van der Waals surface area (Å²) in [7, 11) is 1.56. The number of piperidine rings is 1. The third-order valence-electron chi connectivity index (χ3n) is 9.51. The van der Waals surface area contributed by atoms with E-state index >= 15 is 0 Å². The Hall–Kier alpha value is -3.89. The van der Waals surface area contributed by atoms with Crippen molar-refractivity contribution in [1.29, 1.82) is 0 Å². The Balaban J connectivity index is 1.64. The highest BCUT2D eigenvalue weighted by molar-refractivity contribution is 5.98. The van der Waals surface area contributed by atoms with Gasteiger partial charge in [0.25, 0.3) is 0 Å². The molecular formula is C35H50N4O7. The van der Waals surface area contributed by atoms with Crippen molar-refractivity contribution in [2.75, 3.05) is 20.3 Å². The summed E-state index contributed by atoms with van der Waals surface area (Å²) < 4.78 is 6.64. The summed E-state index contributed by atoms with van der Waals surface area (Å²) in [5, 5.41) is 6.87. The number of Topliss-reactive ketones (excluding diaryl/α,β-unsaturated/α-hetero) is 1. The van der Waals surface area contributed by atoms with E-state index < -0.39 is 30.0 Å². The van der Waals surface area contributed by atoms with Crippen molar-refractivity contribution in [1.82, 2.24) is 20.3 Å². The van der Waals surface area contributed by atoms with Crippen LogP contribution in [0.25, 0.3) is 10.9 Å². The Kier molecular flexibility index (Phi) is 12.6. The number of nitrogens with one attached hydrogen (secondary N) is 2. The van der Waals surface area contributed by atoms with Crippen molar-refractivity contribution in [3.05, 3.63) is 36.0 Å². The highest BCUT2D eigenvalue weighted by Gasteiger charge is 2.41. The second kappa shape index (κ2) is 16.6. The third-order valence-corrected chi connectivity index (χ3v) is 9.51. The topological polar surface area (TPSA) is 136 Å². The number of aromatic nitrogens is 1. The van der Waals surface area contributed by atoms with Crippen molar-refractivity contribution in [2.45, 2.75) is 110 Å². The van der Waals surface area contributed by atoms with E-state index in [1.54, 1.807) is 29.9 Å². The Morgan fingerprint density at radius 3 is 2.54 bits per heavy atom. The number of ketones is 1. The Morgan fingerprint density at radius 2 is 1.80 bits per heavy atom. The normalized spacial score (nSPS) is 23.5. The van der Waals surface area contributed by atoms with Crippen LogP contribution >= 0.6 is 0 Å². The van der Waals surface area contributed by atoms with Gasteiger partial charge in [0.2, 0.25) is 17.7 Å². The van der Waals surface area contributed by atoms with Gasteiger partial charge >= 0.3 is 5.97 Å². The fraction of sp³-hybridized carbons (Fsp3) is 0.629. The van der Waals surface area contributed by atoms with E-state index in [2.05, 4.69) is 10.6 Å². The number of hydrogen-bond donors (Lipinski definition) is 2. The molecule has 2 aliphatic heterocycles. The molecule has 0 aliphatic carbocycles. The molecule has 3 heterocycles. The van der Waals surface area contributed by atoms with Crippen LogP contribution in [0.5, 0.6) is 0 Å². The molecular weight excluding hydrogens is 588 g/mol. The number of hydrogen-bond acceptors (Lipinski definition) is 7. The van der Waals surface area contributed by atoms with Crippen LogP contribution in [0.2, 0.25) is 0 Å². The van der Waals surface area contributed by atoms with Crippen molar-refractivity contribution >= 4 is 40.4 Å². The molecule has 1 aromatic heterocycles. The van der Waals surface area contributed by atoms with Gasteiger partial charge in [-0.3, -0.25) is 24.0 Å². The first kappa shape index (κ1) is 35.0. The number of ether oxygens (including phenoxy) is 1. The number of unbranched alkanes of at least 4 members (excludes halogenated alkanes) is 2. The van der Waals surface area contributed by atoms with Crippen LogP contribution in [0.4, 0.5) is 0 Å². The van der Waals surface area contributed by atoms with Crippen molar-refractivity contribution < 1.29 is 33.5 Å². The standard InChI is InChI=1S/C35H50N4O7/c1-5-23(3)32-35(44)38-19-13-12-17-29(38)30(40)21-24(14-8-7-9-18-31(41)46-6-2)33(42)36-27(34(43)37-32)20-25-22-39(45-4)28-16-11-10-15-26(25)28/h10-11,15-16,22-24,27,29,32H,5-9,12-14,17-21H2,1-4H3,(H,36,42)(H,37,43)/t23?,24-,27+,29-,32+/m1/s1. The zero-order chi connectivity index (χ0) is 33.2. The number of fused-ring (bicyclic) bond motifs is 2. The number of carbonyl (C=O) groups is 5. The van der Waals surface area contributed by atoms with Gasteiger partial charge in [-0.25, -0.2) is 0 Å². The van der Waals surface area contributed by atoms with Gasteiger partial charge in [0, 0.05) is 43.3 Å². The minimum atomic E-state index is -0.985. The van der Waals surface area contributed by atoms with Crippen LogP contribution < -0.4 is 15.5 Å². The van der Waals surface area contributed by atoms with E-state index in [1.165, 1.54) is 0 Å². The number of rotatable bonds is 12. The summed E-state index contributed by atoms with van der Waals surface area (Å²) in [4.78, 5) is 74.9. The summed E-state index contributed by atoms with van der Waals surface area (Å²) >= 11 is 0. The number of carbonyl (C=O) groups excluding carboxylic acids is 5. The van der Waals surface area contributed by atoms with E-state index in [-0.39, 0.29) is 42.3 Å². The molecule has 5 atom stereocenters. The summed E-state index contributed by atoms with van der Waals surface area (Å²) in [6.45, 7) is 6.44. The summed E-state index contributed by atoms with van der Waals surface area (Å²) in [6, 6.07) is 5.24. The average molecular weight is 639 g/mol. The number of esters is 1. The van der Waals surface area contributed by atoms with E-state index in [1.807, 2.05) is 38.1 Å². The first-order chi connectivity index (χ1) is 22.2. The molecule has 2 aliphatic rings. The SMILES string of the molecule is CCOC(=O)CCCCC[C@@H]1CC(=O)[C@H]2CCCCN2C(=O)[C@H](C(C)CC)NC(=O)[C@H](Cc2cn(OC)c3ccccc23)NC1=O. The number of para-hydroxylation sites is 1. The van der Waals surface area contributed by atoms with Crippen LogP contribution in [0.15, 0.2) is 30.5 Å². The minimum Gasteiger partial charge on any atom is -0.466 e. The van der Waals surface area contributed by atoms with Crippen LogP contribution in [0.3, 0.4) is 0 Å². The molecule has 11 heteroatoms. The lowest BCUT2D eigenvalue weighted by Crippen LogP contribution is -2.61. The van der Waals surface area contributed by atoms with E-state index in [9.17, 15) is 24.0 Å². The first-order valence-corrected chi connectivity index (χ1v) is 16.9. The third kappa shape index (κ3) is 8.47. The molecule has 1 unspecified atom stereocenters. The predicted octanol–water partition coefficient (Wildman–Crippen LogP) is 3.74. The number of benzene rings is 1. The molecule has 0 spiro atoms. The number of nitrogens with zero attached hydrogens (tertiary/aromatic N) is 2. The lowest BCUT2D eigenvalue weighted by atomic mass is 9.87. The molecule has 0 bridgehead atoms. The van der Waals surface area contributed by atoms with Gasteiger partial charge in [0.1, 0.15) is 19.2 Å². The van der Waals surface area contributed by atoms with E-state index in [0.717, 1.165) is 29.3 Å². The molecule has 252 valence electrons. The molecule has 2 saturated heterocycles. The highest BCUT2D eigenvalue weighted by Crippen LogP contribution is 2.27. The smallest absolute Gasteiger partial charge is 0.305 e. The Bertz CT molecular complexity index is 1390. The summed E-state index contributed by atoms with van der Waals surface area (Å²) in [6.07, 6.45) is 7.45. The second-order valence-corrected chi connectivity index (χ2v) is 12.6. The lowest BCUT2D eigenvalue weighted by molar-refractivity contribution is -0.147. The summed E-state index contributed by atoms with van der Waals surface area (Å²) in [5.74, 6) is -2.24.